The Hall–Kier alpha value is -5.12. The highest BCUT2D eigenvalue weighted by atomic mass is 16.6. The van der Waals surface area contributed by atoms with Gasteiger partial charge in [0, 0.05) is 37.6 Å². The van der Waals surface area contributed by atoms with Crippen molar-refractivity contribution in [2.75, 3.05) is 13.6 Å². The summed E-state index contributed by atoms with van der Waals surface area (Å²) in [5.41, 5.74) is -1.50. The van der Waals surface area contributed by atoms with Crippen LogP contribution in [0.3, 0.4) is 0 Å². The molecule has 342 valence electrons. The molecule has 0 unspecified atom stereocenters. The molecular weight excluding hydrogens is 813 g/mol. The van der Waals surface area contributed by atoms with Crippen molar-refractivity contribution < 1.29 is 66.4 Å². The first-order valence-electron chi connectivity index (χ1n) is 22.9. The van der Waals surface area contributed by atoms with E-state index in [0.29, 0.717) is 23.1 Å². The number of hydrogen-bond acceptors (Lipinski definition) is 14. The minimum Gasteiger partial charge on any atom is -0.458 e. The molecule has 4 N–H and O–H groups in total. The fraction of sp³-hybridized carbons (Fsp3) is 0.583. The maximum absolute atomic E-state index is 15.7. The first kappa shape index (κ1) is 43.1. The van der Waals surface area contributed by atoms with Crippen LogP contribution in [0.1, 0.15) is 114 Å². The molecule has 4 aliphatic carbocycles. The number of hydrogen-bond donors (Lipinski definition) is 3. The lowest BCUT2D eigenvalue weighted by atomic mass is 9.40. The zero-order valence-electron chi connectivity index (χ0n) is 40.4. The molecule has 3 fully saturated rings. The minimum absolute atomic E-state index is 0.000604. The van der Waals surface area contributed by atoms with Crippen molar-refractivity contribution in [2.24, 2.45) is 34.3 Å². The Balaban J connectivity index is 1.56. The maximum Gasteiger partial charge on any atom is 0.408 e. The fourth-order valence-electron chi connectivity index (χ4n) is 11.0. The monoisotopic (exact) mass is 877 g/mol. The van der Waals surface area contributed by atoms with Gasteiger partial charge in [0.05, 0.1) is 33.7 Å². The lowest BCUT2D eigenvalue weighted by Gasteiger charge is -2.68. The molecule has 0 saturated heterocycles. The highest BCUT2D eigenvalue weighted by Gasteiger charge is 2.77. The van der Waals surface area contributed by atoms with E-state index in [1.165, 1.54) is 26.0 Å². The largest absolute Gasteiger partial charge is 0.458 e. The van der Waals surface area contributed by atoms with Gasteiger partial charge in [0.25, 0.3) is 0 Å². The molecule has 2 aromatic carbocycles. The van der Waals surface area contributed by atoms with Crippen LogP contribution in [0.4, 0.5) is 4.79 Å². The van der Waals surface area contributed by atoms with Gasteiger partial charge in [-0.2, -0.15) is 0 Å². The summed E-state index contributed by atoms with van der Waals surface area (Å²) in [5.74, 6) is -7.50. The van der Waals surface area contributed by atoms with Gasteiger partial charge in [0.2, 0.25) is 6.10 Å². The molecule has 15 heteroatoms. The Morgan fingerprint density at radius 1 is 1.00 bits per heavy atom. The topological polar surface area (TPSA) is 216 Å². The molecule has 0 aliphatic heterocycles. The smallest absolute Gasteiger partial charge is 0.408 e. The summed E-state index contributed by atoms with van der Waals surface area (Å²) in [4.78, 5) is 84.6. The van der Waals surface area contributed by atoms with E-state index in [2.05, 4.69) is 5.32 Å². The number of aliphatic hydroxyl groups is 1. The Morgan fingerprint density at radius 3 is 2.19 bits per heavy atom. The number of methoxy groups -OCH3 is 1. The number of rotatable bonds is 11. The van der Waals surface area contributed by atoms with Crippen LogP contribution in [0.2, 0.25) is 0 Å². The summed E-state index contributed by atoms with van der Waals surface area (Å²) in [5, 5.41) is 16.5. The molecule has 15 nitrogen and oxygen atoms in total. The van der Waals surface area contributed by atoms with Crippen LogP contribution in [0.15, 0.2) is 71.8 Å². The van der Waals surface area contributed by atoms with E-state index in [1.54, 1.807) is 97.0 Å². The SMILES string of the molecule is [2H]C([2H])([2H])O[C@H]1C[C@H]2CC[C@@]2(OC(C)=O)[C@H]2[C@H](OC(=O)c3ccccc3)[C@]3(O)C[C@H](OC(=O)[C@H](OC(=O)CN)[C@@H](NC(=O)OC(C)(C)C)c4ccccc4)C(C)=C([C@@H](C)C(=O)[C@]12C)C3(C)C. The Morgan fingerprint density at radius 2 is 1.63 bits per heavy atom. The van der Waals surface area contributed by atoms with Crippen molar-refractivity contribution in [3.8, 4) is 0 Å². The number of carbonyl (C=O) groups excluding carboxylic acids is 6. The lowest BCUT2D eigenvalue weighted by molar-refractivity contribution is -0.297. The van der Waals surface area contributed by atoms with Gasteiger partial charge in [0.1, 0.15) is 40.8 Å². The van der Waals surface area contributed by atoms with E-state index >= 15 is 4.79 Å². The van der Waals surface area contributed by atoms with E-state index < -0.39 is 132 Å². The van der Waals surface area contributed by atoms with Crippen LogP contribution < -0.4 is 11.1 Å². The van der Waals surface area contributed by atoms with E-state index in [9.17, 15) is 29.1 Å². The molecule has 63 heavy (non-hydrogen) atoms. The quantitative estimate of drug-likeness (QED) is 0.140. The second kappa shape index (κ2) is 17.5. The number of nitrogens with one attached hydrogen (secondary N) is 1. The van der Waals surface area contributed by atoms with Crippen molar-refractivity contribution >= 4 is 35.8 Å². The fourth-order valence-corrected chi connectivity index (χ4v) is 11.0. The zero-order valence-corrected chi connectivity index (χ0v) is 37.4. The summed E-state index contributed by atoms with van der Waals surface area (Å²) in [7, 11) is -2.99. The number of ketones is 1. The predicted octanol–water partition coefficient (Wildman–Crippen LogP) is 5.71. The number of carbonyl (C=O) groups is 6. The van der Waals surface area contributed by atoms with Crippen molar-refractivity contribution in [1.29, 1.82) is 0 Å². The van der Waals surface area contributed by atoms with Gasteiger partial charge in [-0.05, 0) is 82.7 Å². The van der Waals surface area contributed by atoms with E-state index in [-0.39, 0.29) is 18.4 Å². The maximum atomic E-state index is 15.7. The minimum atomic E-state index is -2.99. The predicted molar refractivity (Wildman–Crippen MR) is 227 cm³/mol. The third kappa shape index (κ3) is 8.39. The number of amides is 1. The van der Waals surface area contributed by atoms with Crippen LogP contribution in [0, 0.1) is 28.6 Å². The average molecular weight is 878 g/mol. The highest BCUT2D eigenvalue weighted by molar-refractivity contribution is 5.92. The lowest BCUT2D eigenvalue weighted by Crippen LogP contribution is -2.78. The molecule has 0 aromatic heterocycles. The summed E-state index contributed by atoms with van der Waals surface area (Å²) >= 11 is 0. The molecule has 1 amide bonds. The number of fused-ring (bicyclic) bond motifs is 5. The number of benzene rings is 2. The standard InChI is InChI=1S/C48H62N2O13/c1-26-32(59-42(55)37(60-34(52)25-49)36(29-17-13-11-14-18-29)50-43(56)63-44(4,5)6)24-48(57)40(61-41(54)30-19-15-12-16-20-30)38-46(9,39(53)27(2)35(26)45(48,7)8)33(58-10)23-31-21-22-47(31,38)62-28(3)51/h11-20,27,31-33,36-38,40,57H,21-25,49H2,1-10H3,(H,50,56)/t27-,31-,32+,33+,36+,37-,38+,40+,46-,47+,48-/m1/s1/i10D3. The van der Waals surface area contributed by atoms with E-state index in [0.717, 1.165) is 0 Å². The van der Waals surface area contributed by atoms with Gasteiger partial charge in [-0.25, -0.2) is 14.4 Å². The third-order valence-corrected chi connectivity index (χ3v) is 14.0. The van der Waals surface area contributed by atoms with Crippen LogP contribution in [0.25, 0.3) is 0 Å². The Kier molecular flexibility index (Phi) is 12.0. The molecule has 3 saturated carbocycles. The van der Waals surface area contributed by atoms with Crippen molar-refractivity contribution in [2.45, 2.75) is 135 Å². The van der Waals surface area contributed by atoms with Gasteiger partial charge in [-0.15, -0.1) is 0 Å². The number of Topliss-reactive ketones (excluding diaryl/α,β-unsaturated/α-hetero) is 1. The van der Waals surface area contributed by atoms with Crippen LogP contribution in [-0.2, 0) is 47.6 Å². The molecule has 6 rings (SSSR count). The Bertz CT molecular complexity index is 2250. The normalized spacial score (nSPS) is 32.7. The summed E-state index contributed by atoms with van der Waals surface area (Å²) in [6, 6.07) is 14.7. The van der Waals surface area contributed by atoms with Crippen LogP contribution in [-0.4, -0.2) is 95.7 Å². The Labute approximate surface area is 372 Å². The molecule has 11 atom stereocenters. The van der Waals surface area contributed by atoms with Crippen LogP contribution in [0.5, 0.6) is 0 Å². The number of alkyl carbamates (subject to hydrolysis) is 1. The van der Waals surface area contributed by atoms with Gasteiger partial charge in [-0.3, -0.25) is 14.4 Å². The summed E-state index contributed by atoms with van der Waals surface area (Å²) in [6.45, 7) is 13.6. The first-order valence-corrected chi connectivity index (χ1v) is 21.4. The van der Waals surface area contributed by atoms with Gasteiger partial charge >= 0.3 is 30.0 Å². The summed E-state index contributed by atoms with van der Waals surface area (Å²) in [6.07, 6.45) is -7.25. The highest BCUT2D eigenvalue weighted by Crippen LogP contribution is 2.68. The summed E-state index contributed by atoms with van der Waals surface area (Å²) < 4.78 is 60.7. The third-order valence-electron chi connectivity index (χ3n) is 14.0. The zero-order chi connectivity index (χ0) is 48.9. The molecular formula is C48H62N2O13. The molecule has 0 spiro atoms. The molecule has 2 aromatic rings. The van der Waals surface area contributed by atoms with Gasteiger partial charge in [0.15, 0.2) is 0 Å². The van der Waals surface area contributed by atoms with Crippen molar-refractivity contribution in [3.05, 3.63) is 82.9 Å². The average Bonchev–Trinajstić information content (AvgIpc) is 3.22. The second-order valence-corrected chi connectivity index (χ2v) is 19.1. The first-order chi connectivity index (χ1) is 30.6. The van der Waals surface area contributed by atoms with Crippen molar-refractivity contribution in [3.63, 3.8) is 0 Å². The van der Waals surface area contributed by atoms with Gasteiger partial charge < -0.3 is 44.6 Å². The van der Waals surface area contributed by atoms with Gasteiger partial charge in [-0.1, -0.05) is 69.3 Å². The van der Waals surface area contributed by atoms with E-state index in [1.807, 2.05) is 0 Å². The molecule has 2 bridgehead atoms. The number of nitrogens with two attached hydrogens (primary N) is 1. The molecule has 0 radical (unpaired) electrons. The molecule has 0 heterocycles. The van der Waals surface area contributed by atoms with Crippen LogP contribution >= 0.6 is 0 Å². The van der Waals surface area contributed by atoms with Crippen molar-refractivity contribution in [1.82, 2.24) is 5.32 Å². The second-order valence-electron chi connectivity index (χ2n) is 19.1. The number of ether oxygens (including phenoxy) is 6. The van der Waals surface area contributed by atoms with E-state index in [4.69, 9.17) is 38.3 Å². The number of esters is 4. The molecule has 4 aliphatic rings.